The normalized spacial score (nSPS) is 34.2. The number of aliphatic hydroxyl groups excluding tert-OH is 1. The first-order chi connectivity index (χ1) is 15.2. The number of carbonyl (C=O) groups is 3. The Hall–Kier alpha value is -1.28. The zero-order valence-corrected chi connectivity index (χ0v) is 21.0. The van der Waals surface area contributed by atoms with Crippen LogP contribution in [0.1, 0.15) is 66.7 Å². The molecule has 0 aliphatic carbocycles. The van der Waals surface area contributed by atoms with E-state index in [9.17, 15) is 19.5 Å². The minimum atomic E-state index is -0.651. The number of nitrogens with zero attached hydrogens (tertiary/aromatic N) is 1. The van der Waals surface area contributed by atoms with E-state index in [1.54, 1.807) is 16.7 Å². The lowest BCUT2D eigenvalue weighted by atomic mass is 9.66. The van der Waals surface area contributed by atoms with Crippen molar-refractivity contribution in [2.45, 2.75) is 88.8 Å². The molecule has 0 aromatic carbocycles. The molecule has 0 saturated carbocycles. The molecule has 182 valence electrons. The predicted molar refractivity (Wildman–Crippen MR) is 127 cm³/mol. The first-order valence-corrected chi connectivity index (χ1v) is 13.3. The van der Waals surface area contributed by atoms with Crippen LogP contribution < -0.4 is 10.6 Å². The Kier molecular flexibility index (Phi) is 8.18. The van der Waals surface area contributed by atoms with E-state index in [0.717, 1.165) is 25.7 Å². The number of likely N-dealkylation sites (tertiary alicyclic amines) is 1. The highest BCUT2D eigenvalue weighted by atomic mass is 32.2. The monoisotopic (exact) mass is 467 g/mol. The maximum Gasteiger partial charge on any atom is 0.244 e. The van der Waals surface area contributed by atoms with Gasteiger partial charge >= 0.3 is 0 Å². The molecule has 0 aromatic heterocycles. The summed E-state index contributed by atoms with van der Waals surface area (Å²) in [6, 6.07) is -1.07. The van der Waals surface area contributed by atoms with Crippen LogP contribution in [0.2, 0.25) is 0 Å². The van der Waals surface area contributed by atoms with E-state index in [2.05, 4.69) is 38.3 Å². The molecule has 7 nitrogen and oxygen atoms in total. The molecule has 2 bridgehead atoms. The molecular formula is C24H41N3O4S. The van der Waals surface area contributed by atoms with Crippen LogP contribution in [0.3, 0.4) is 0 Å². The van der Waals surface area contributed by atoms with Crippen LogP contribution in [0.4, 0.5) is 0 Å². The van der Waals surface area contributed by atoms with Gasteiger partial charge in [0.25, 0.3) is 0 Å². The Morgan fingerprint density at radius 1 is 1.19 bits per heavy atom. The molecule has 3 saturated heterocycles. The molecule has 32 heavy (non-hydrogen) atoms. The van der Waals surface area contributed by atoms with Gasteiger partial charge in [0.2, 0.25) is 17.7 Å². The molecule has 7 atom stereocenters. The van der Waals surface area contributed by atoms with Gasteiger partial charge in [0.15, 0.2) is 0 Å². The lowest BCUT2D eigenvalue weighted by Gasteiger charge is -2.40. The van der Waals surface area contributed by atoms with E-state index in [0.29, 0.717) is 19.5 Å². The van der Waals surface area contributed by atoms with Crippen LogP contribution in [0.15, 0.2) is 0 Å². The van der Waals surface area contributed by atoms with Crippen LogP contribution >= 0.6 is 11.8 Å². The highest BCUT2D eigenvalue weighted by molar-refractivity contribution is 8.02. The Morgan fingerprint density at radius 2 is 1.88 bits per heavy atom. The van der Waals surface area contributed by atoms with Crippen LogP contribution in [-0.2, 0) is 14.4 Å². The molecule has 3 amide bonds. The second-order valence-electron chi connectivity index (χ2n) is 10.2. The van der Waals surface area contributed by atoms with Crippen LogP contribution in [0.5, 0.6) is 0 Å². The molecule has 1 spiro atoms. The van der Waals surface area contributed by atoms with Gasteiger partial charge in [-0.3, -0.25) is 14.4 Å². The largest absolute Gasteiger partial charge is 0.394 e. The van der Waals surface area contributed by atoms with Crippen molar-refractivity contribution in [3.05, 3.63) is 0 Å². The summed E-state index contributed by atoms with van der Waals surface area (Å²) in [4.78, 5) is 42.4. The Bertz CT molecular complexity index is 717. The van der Waals surface area contributed by atoms with Crippen molar-refractivity contribution >= 4 is 29.5 Å². The number of carbonyl (C=O) groups excluding carboxylic acids is 3. The van der Waals surface area contributed by atoms with Crippen molar-refractivity contribution in [3.8, 4) is 0 Å². The minimum Gasteiger partial charge on any atom is -0.394 e. The topological polar surface area (TPSA) is 98.7 Å². The summed E-state index contributed by atoms with van der Waals surface area (Å²) in [5.41, 5.74) is 0. The summed E-state index contributed by atoms with van der Waals surface area (Å²) in [6.45, 7) is 11.3. The quantitative estimate of drug-likeness (QED) is 0.405. The first kappa shape index (κ1) is 25.3. The van der Waals surface area contributed by atoms with Crippen LogP contribution in [0.25, 0.3) is 0 Å². The van der Waals surface area contributed by atoms with Crippen LogP contribution in [-0.4, -0.2) is 69.5 Å². The van der Waals surface area contributed by atoms with Crippen molar-refractivity contribution in [1.82, 2.24) is 15.5 Å². The van der Waals surface area contributed by atoms with Gasteiger partial charge in [0, 0.05) is 18.3 Å². The number of hydrogen-bond donors (Lipinski definition) is 3. The fraction of sp³-hybridized carbons (Fsp3) is 0.875. The molecule has 0 radical (unpaired) electrons. The first-order valence-electron chi connectivity index (χ1n) is 12.4. The summed E-state index contributed by atoms with van der Waals surface area (Å²) in [5.74, 6) is -0.831. The van der Waals surface area contributed by atoms with Crippen molar-refractivity contribution in [2.75, 3.05) is 19.7 Å². The molecule has 8 heteroatoms. The highest BCUT2D eigenvalue weighted by Crippen LogP contribution is 2.68. The molecule has 3 N–H and O–H groups in total. The summed E-state index contributed by atoms with van der Waals surface area (Å²) >= 11 is 1.69. The number of thioether (sulfide) groups is 1. The number of unbranched alkanes of at least 4 members (excludes halogenated alkanes) is 1. The zero-order valence-electron chi connectivity index (χ0n) is 20.2. The standard InChI is InChI=1S/C24H41N3O4S/c1-6-8-10-26-22(30)20-24-15(5)12-17(32-24)18(21(29)25-9-7-2)19(24)23(31)27(20)16(13-28)11-14(3)4/h14-20,28H,6-13H2,1-5H3,(H,25,29)(H,26,30)/t15?,16-,17+,18-,19+,20?,24?/m1/s1. The fourth-order valence-electron chi connectivity index (χ4n) is 6.12. The Balaban J connectivity index is 2.02. The van der Waals surface area contributed by atoms with E-state index in [1.165, 1.54) is 0 Å². The number of hydrogen-bond acceptors (Lipinski definition) is 5. The zero-order chi connectivity index (χ0) is 23.6. The SMILES string of the molecule is CCCCNC(=O)C1N([C@@H](CO)CC(C)C)C(=O)[C@@H]2[C@H](C(=O)NCCC)[C@@H]3CC(C)C12S3. The molecule has 3 unspecified atom stereocenters. The molecule has 3 heterocycles. The third-order valence-corrected chi connectivity index (χ3v) is 9.54. The lowest BCUT2D eigenvalue weighted by molar-refractivity contribution is -0.143. The van der Waals surface area contributed by atoms with E-state index in [1.807, 2.05) is 6.92 Å². The lowest BCUT2D eigenvalue weighted by Crippen LogP contribution is -2.58. The van der Waals surface area contributed by atoms with E-state index in [-0.39, 0.29) is 41.4 Å². The van der Waals surface area contributed by atoms with E-state index < -0.39 is 28.7 Å². The van der Waals surface area contributed by atoms with Gasteiger partial charge in [0.1, 0.15) is 6.04 Å². The number of amides is 3. The maximum atomic E-state index is 14.0. The minimum absolute atomic E-state index is 0.0570. The van der Waals surface area contributed by atoms with Crippen molar-refractivity contribution in [1.29, 1.82) is 0 Å². The average molecular weight is 468 g/mol. The Labute approximate surface area is 196 Å². The van der Waals surface area contributed by atoms with Gasteiger partial charge in [-0.25, -0.2) is 0 Å². The van der Waals surface area contributed by atoms with E-state index in [4.69, 9.17) is 0 Å². The van der Waals surface area contributed by atoms with E-state index >= 15 is 0 Å². The maximum absolute atomic E-state index is 14.0. The molecular weight excluding hydrogens is 426 g/mol. The fourth-order valence-corrected chi connectivity index (χ4v) is 8.53. The molecule has 0 aromatic rings. The van der Waals surface area contributed by atoms with Crippen molar-refractivity contribution < 1.29 is 19.5 Å². The third kappa shape index (κ3) is 4.17. The molecule has 3 aliphatic heterocycles. The van der Waals surface area contributed by atoms with Gasteiger partial charge in [0.05, 0.1) is 29.2 Å². The van der Waals surface area contributed by atoms with Gasteiger partial charge in [-0.05, 0) is 37.5 Å². The summed E-state index contributed by atoms with van der Waals surface area (Å²) < 4.78 is -0.614. The molecule has 3 aliphatic rings. The molecule has 3 rings (SSSR count). The van der Waals surface area contributed by atoms with Gasteiger partial charge in [-0.1, -0.05) is 41.0 Å². The average Bonchev–Trinajstić information content (AvgIpc) is 3.34. The number of aliphatic hydroxyl groups is 1. The van der Waals surface area contributed by atoms with Gasteiger partial charge < -0.3 is 20.6 Å². The summed E-state index contributed by atoms with van der Waals surface area (Å²) in [6.07, 6.45) is 4.15. The summed E-state index contributed by atoms with van der Waals surface area (Å²) in [7, 11) is 0. The van der Waals surface area contributed by atoms with Crippen LogP contribution in [0, 0.1) is 23.7 Å². The Morgan fingerprint density at radius 3 is 2.47 bits per heavy atom. The number of rotatable bonds is 11. The number of nitrogens with one attached hydrogen (secondary N) is 2. The van der Waals surface area contributed by atoms with Gasteiger partial charge in [-0.2, -0.15) is 0 Å². The number of fused-ring (bicyclic) bond motifs is 1. The van der Waals surface area contributed by atoms with Crippen molar-refractivity contribution in [3.63, 3.8) is 0 Å². The van der Waals surface area contributed by atoms with Crippen molar-refractivity contribution in [2.24, 2.45) is 23.7 Å². The predicted octanol–water partition coefficient (Wildman–Crippen LogP) is 2.17. The smallest absolute Gasteiger partial charge is 0.244 e. The second-order valence-corrected chi connectivity index (χ2v) is 11.7. The highest BCUT2D eigenvalue weighted by Gasteiger charge is 2.76. The summed E-state index contributed by atoms with van der Waals surface area (Å²) in [5, 5.41) is 16.4. The second kappa shape index (κ2) is 10.3. The molecule has 3 fully saturated rings. The van der Waals surface area contributed by atoms with Gasteiger partial charge in [-0.15, -0.1) is 11.8 Å². The third-order valence-electron chi connectivity index (χ3n) is 7.46.